The van der Waals surface area contributed by atoms with Crippen molar-refractivity contribution in [3.63, 3.8) is 0 Å². The Kier molecular flexibility index (Phi) is 4.74. The summed E-state index contributed by atoms with van der Waals surface area (Å²) in [6.07, 6.45) is 3.65. The summed E-state index contributed by atoms with van der Waals surface area (Å²) in [5.74, 6) is 0. The molecule has 0 aromatic heterocycles. The summed E-state index contributed by atoms with van der Waals surface area (Å²) >= 11 is 0. The molecule has 0 saturated carbocycles. The first-order valence-corrected chi connectivity index (χ1v) is 8.82. The molecular weight excluding hydrogens is 262 g/mol. The fourth-order valence-corrected chi connectivity index (χ4v) is 6.02. The van der Waals surface area contributed by atoms with E-state index in [-0.39, 0.29) is 9.81 Å². The fraction of sp³-hybridized carbons (Fsp3) is 0.800. The maximum absolute atomic E-state index is 11.7. The van der Waals surface area contributed by atoms with Crippen molar-refractivity contribution in [1.29, 1.82) is 0 Å². The molecule has 17 heavy (non-hydrogen) atoms. The van der Waals surface area contributed by atoms with Crippen LogP contribution in [0, 0.1) is 0 Å². The quantitative estimate of drug-likeness (QED) is 0.805. The van der Waals surface area contributed by atoms with E-state index in [2.05, 4.69) is 0 Å². The molecule has 1 N–H and O–H groups in total. The molecule has 1 aliphatic heterocycles. The highest BCUT2D eigenvalue weighted by atomic mass is 32.3. The molecule has 5 nitrogen and oxygen atoms in total. The second-order valence-electron chi connectivity index (χ2n) is 4.14. The van der Waals surface area contributed by atoms with Crippen LogP contribution in [-0.4, -0.2) is 16.8 Å². The van der Waals surface area contributed by atoms with Crippen LogP contribution in [0.1, 0.15) is 52.4 Å². The molecule has 0 fully saturated rings. The molecule has 0 amide bonds. The van der Waals surface area contributed by atoms with Gasteiger partial charge in [0.1, 0.15) is 0 Å². The third-order valence-corrected chi connectivity index (χ3v) is 6.78. The Balaban J connectivity index is 3.15. The van der Waals surface area contributed by atoms with Gasteiger partial charge >= 0.3 is 0 Å². The summed E-state index contributed by atoms with van der Waals surface area (Å²) in [6.45, 7) is 3.88. The largest absolute Gasteiger partial charge is 0.250 e. The van der Waals surface area contributed by atoms with Gasteiger partial charge in [0, 0.05) is 0 Å². The van der Waals surface area contributed by atoms with Crippen LogP contribution in [0.4, 0.5) is 0 Å². The number of nitrogens with one attached hydrogen (secondary N) is 1. The van der Waals surface area contributed by atoms with Crippen molar-refractivity contribution in [1.82, 2.24) is 4.13 Å². The molecule has 0 unspecified atom stereocenters. The van der Waals surface area contributed by atoms with Crippen LogP contribution < -0.4 is 4.13 Å². The summed E-state index contributed by atoms with van der Waals surface area (Å²) in [7, 11) is -7.61. The molecule has 100 valence electrons. The van der Waals surface area contributed by atoms with Gasteiger partial charge in [0.15, 0.2) is 0 Å². The molecule has 0 aromatic rings. The number of hydrogen-bond acceptors (Lipinski definition) is 4. The van der Waals surface area contributed by atoms with Crippen LogP contribution in [0.25, 0.3) is 0 Å². The Bertz CT molecular complexity index is 456. The zero-order valence-corrected chi connectivity index (χ0v) is 11.8. The molecule has 1 heterocycles. The third kappa shape index (κ3) is 3.29. The topological polar surface area (TPSA) is 80.3 Å². The monoisotopic (exact) mass is 281 g/mol. The predicted octanol–water partition coefficient (Wildman–Crippen LogP) is 1.84. The van der Waals surface area contributed by atoms with Crippen LogP contribution >= 0.6 is 0 Å². The first-order valence-electron chi connectivity index (χ1n) is 5.85. The van der Waals surface area contributed by atoms with Crippen molar-refractivity contribution >= 4 is 20.0 Å². The van der Waals surface area contributed by atoms with E-state index in [1.165, 1.54) is 0 Å². The van der Waals surface area contributed by atoms with Crippen molar-refractivity contribution < 1.29 is 16.8 Å². The molecule has 0 radical (unpaired) electrons. The summed E-state index contributed by atoms with van der Waals surface area (Å²) in [6, 6.07) is 0. The zero-order valence-electron chi connectivity index (χ0n) is 10.2. The SMILES string of the molecule is CCCCC1=C(CCCC)S(=O)(=O)NS1(=O)=O. The average molecular weight is 281 g/mol. The van der Waals surface area contributed by atoms with E-state index >= 15 is 0 Å². The summed E-state index contributed by atoms with van der Waals surface area (Å²) in [4.78, 5) is 0.153. The second kappa shape index (κ2) is 5.49. The van der Waals surface area contributed by atoms with Crippen LogP contribution in [-0.2, 0) is 20.0 Å². The maximum Gasteiger partial charge on any atom is 0.250 e. The highest BCUT2D eigenvalue weighted by Gasteiger charge is 2.39. The lowest BCUT2D eigenvalue weighted by atomic mass is 10.2. The second-order valence-corrected chi connectivity index (χ2v) is 7.81. The van der Waals surface area contributed by atoms with E-state index in [1.807, 2.05) is 13.8 Å². The first kappa shape index (κ1) is 14.7. The van der Waals surface area contributed by atoms with Crippen molar-refractivity contribution in [3.8, 4) is 0 Å². The first-order chi connectivity index (χ1) is 7.85. The van der Waals surface area contributed by atoms with Gasteiger partial charge in [-0.1, -0.05) is 26.7 Å². The summed E-state index contributed by atoms with van der Waals surface area (Å²) in [5.41, 5.74) is 0. The van der Waals surface area contributed by atoms with E-state index in [9.17, 15) is 16.8 Å². The molecule has 7 heteroatoms. The number of hydrogen-bond donors (Lipinski definition) is 1. The minimum absolute atomic E-state index is 0.0767. The molecule has 1 rings (SSSR count). The van der Waals surface area contributed by atoms with Crippen molar-refractivity contribution in [2.75, 3.05) is 0 Å². The molecule has 0 bridgehead atoms. The number of rotatable bonds is 6. The number of sulfonamides is 2. The lowest BCUT2D eigenvalue weighted by Gasteiger charge is -2.02. The summed E-state index contributed by atoms with van der Waals surface area (Å²) in [5, 5.41) is 0. The molecule has 0 spiro atoms. The molecule has 0 aromatic carbocycles. The fourth-order valence-electron chi connectivity index (χ4n) is 1.77. The Morgan fingerprint density at radius 1 is 0.824 bits per heavy atom. The normalized spacial score (nSPS) is 22.0. The van der Waals surface area contributed by atoms with Crippen LogP contribution in [0.5, 0.6) is 0 Å². The summed E-state index contributed by atoms with van der Waals surface area (Å²) < 4.78 is 48.6. The standard InChI is InChI=1S/C10H19NO4S2/c1-3-5-7-9-10(8-6-4-2)17(14,15)11-16(9,12)13/h11H,3-8H2,1-2H3. The van der Waals surface area contributed by atoms with Crippen molar-refractivity contribution in [2.45, 2.75) is 52.4 Å². The Hall–Kier alpha value is -0.400. The smallest absolute Gasteiger partial charge is 0.206 e. The predicted molar refractivity (Wildman–Crippen MR) is 67.1 cm³/mol. The van der Waals surface area contributed by atoms with E-state index in [1.54, 1.807) is 4.13 Å². The molecular formula is C10H19NO4S2. The van der Waals surface area contributed by atoms with Crippen molar-refractivity contribution in [3.05, 3.63) is 9.81 Å². The zero-order chi connectivity index (χ0) is 13.1. The Labute approximate surface area is 103 Å². The van der Waals surface area contributed by atoms with Gasteiger partial charge in [-0.3, -0.25) is 0 Å². The number of unbranched alkanes of at least 4 members (excludes halogenated alkanes) is 2. The van der Waals surface area contributed by atoms with Gasteiger partial charge < -0.3 is 0 Å². The maximum atomic E-state index is 11.7. The van der Waals surface area contributed by atoms with Gasteiger partial charge in [0.25, 0.3) is 20.0 Å². The van der Waals surface area contributed by atoms with E-state index < -0.39 is 20.0 Å². The lowest BCUT2D eigenvalue weighted by molar-refractivity contribution is 0.587. The number of allylic oxidation sites excluding steroid dienone is 2. The highest BCUT2D eigenvalue weighted by molar-refractivity contribution is 8.11. The minimum atomic E-state index is -3.80. The molecule has 0 saturated heterocycles. The van der Waals surface area contributed by atoms with Crippen LogP contribution in [0.15, 0.2) is 9.81 Å². The van der Waals surface area contributed by atoms with Crippen LogP contribution in [0.3, 0.4) is 0 Å². The Morgan fingerprint density at radius 3 is 1.47 bits per heavy atom. The van der Waals surface area contributed by atoms with E-state index in [0.717, 1.165) is 12.8 Å². The van der Waals surface area contributed by atoms with E-state index in [4.69, 9.17) is 0 Å². The Morgan fingerprint density at radius 2 is 1.18 bits per heavy atom. The highest BCUT2D eigenvalue weighted by Crippen LogP contribution is 2.32. The minimum Gasteiger partial charge on any atom is -0.206 e. The lowest BCUT2D eigenvalue weighted by Crippen LogP contribution is -2.23. The van der Waals surface area contributed by atoms with Crippen LogP contribution in [0.2, 0.25) is 0 Å². The van der Waals surface area contributed by atoms with E-state index in [0.29, 0.717) is 25.7 Å². The third-order valence-electron chi connectivity index (χ3n) is 2.69. The molecule has 0 atom stereocenters. The van der Waals surface area contributed by atoms with Crippen molar-refractivity contribution in [2.24, 2.45) is 0 Å². The van der Waals surface area contributed by atoms with Gasteiger partial charge in [0.2, 0.25) is 0 Å². The molecule has 0 aliphatic carbocycles. The van der Waals surface area contributed by atoms with Gasteiger partial charge in [-0.15, -0.1) is 4.13 Å². The van der Waals surface area contributed by atoms with Gasteiger partial charge in [0.05, 0.1) is 9.81 Å². The molecule has 1 aliphatic rings. The van der Waals surface area contributed by atoms with Gasteiger partial charge in [-0.2, -0.15) is 0 Å². The average Bonchev–Trinajstić information content (AvgIpc) is 2.37. The van der Waals surface area contributed by atoms with Gasteiger partial charge in [-0.25, -0.2) is 16.8 Å². The van der Waals surface area contributed by atoms with Gasteiger partial charge in [-0.05, 0) is 25.7 Å².